The number of anilines is 4. The van der Waals surface area contributed by atoms with Crippen LogP contribution in [-0.4, -0.2) is 15.1 Å². The molecule has 6 nitrogen and oxygen atoms in total. The minimum absolute atomic E-state index is 0.423. The van der Waals surface area contributed by atoms with Crippen molar-refractivity contribution in [3.63, 3.8) is 0 Å². The third-order valence-electron chi connectivity index (χ3n) is 3.80. The van der Waals surface area contributed by atoms with Gasteiger partial charge in [-0.15, -0.1) is 0 Å². The van der Waals surface area contributed by atoms with Crippen LogP contribution in [0.5, 0.6) is 0 Å². The number of rotatable bonds is 5. The topological polar surface area (TPSA) is 75.9 Å². The van der Waals surface area contributed by atoms with Gasteiger partial charge in [0.05, 0.1) is 16.4 Å². The minimum Gasteiger partial charge on any atom is -0.360 e. The zero-order valence-corrected chi connectivity index (χ0v) is 15.2. The van der Waals surface area contributed by atoms with Crippen LogP contribution in [-0.2, 0) is 0 Å². The summed E-state index contributed by atoms with van der Waals surface area (Å²) in [6, 6.07) is 21.0. The van der Waals surface area contributed by atoms with Crippen molar-refractivity contribution in [2.45, 2.75) is 6.92 Å². The van der Waals surface area contributed by atoms with Gasteiger partial charge in [-0.2, -0.15) is 4.98 Å². The highest BCUT2D eigenvalue weighted by atomic mass is 35.5. The average molecular weight is 378 g/mol. The van der Waals surface area contributed by atoms with Gasteiger partial charge in [-0.25, -0.2) is 4.98 Å². The molecule has 27 heavy (non-hydrogen) atoms. The summed E-state index contributed by atoms with van der Waals surface area (Å²) in [6.45, 7) is 1.83. The number of aromatic nitrogens is 3. The number of halogens is 1. The van der Waals surface area contributed by atoms with Crippen LogP contribution in [0, 0.1) is 6.92 Å². The molecule has 0 aliphatic rings. The zero-order valence-electron chi connectivity index (χ0n) is 14.5. The second-order valence-electron chi connectivity index (χ2n) is 5.88. The van der Waals surface area contributed by atoms with Gasteiger partial charge in [0.1, 0.15) is 11.6 Å². The van der Waals surface area contributed by atoms with E-state index in [1.165, 1.54) is 0 Å². The van der Waals surface area contributed by atoms with Gasteiger partial charge >= 0.3 is 0 Å². The lowest BCUT2D eigenvalue weighted by molar-refractivity contribution is 0.400. The highest BCUT2D eigenvalue weighted by molar-refractivity contribution is 6.33. The Morgan fingerprint density at radius 2 is 1.63 bits per heavy atom. The van der Waals surface area contributed by atoms with E-state index in [1.807, 2.05) is 67.6 Å². The minimum atomic E-state index is 0.423. The summed E-state index contributed by atoms with van der Waals surface area (Å²) in [4.78, 5) is 9.15. The zero-order chi connectivity index (χ0) is 18.6. The van der Waals surface area contributed by atoms with Gasteiger partial charge in [-0.05, 0) is 19.1 Å². The first-order valence-electron chi connectivity index (χ1n) is 8.34. The molecule has 0 saturated heterocycles. The standard InChI is InChI=1S/C20H16ClN5O/c1-13-11-19(26-27-13)24-18-12-17(14-7-3-2-4-8-14)23-20(25-18)22-16-10-6-5-9-15(16)21/h2-12H,1H3,(H2,22,23,24,25,26). The van der Waals surface area contributed by atoms with Crippen molar-refractivity contribution in [1.82, 2.24) is 15.1 Å². The Balaban J connectivity index is 1.73. The lowest BCUT2D eigenvalue weighted by Gasteiger charge is -2.11. The number of para-hydroxylation sites is 1. The molecule has 4 rings (SSSR count). The summed E-state index contributed by atoms with van der Waals surface area (Å²) in [5.41, 5.74) is 2.47. The van der Waals surface area contributed by atoms with Crippen LogP contribution >= 0.6 is 11.6 Å². The third kappa shape index (κ3) is 4.07. The van der Waals surface area contributed by atoms with E-state index in [1.54, 1.807) is 6.07 Å². The first kappa shape index (κ1) is 17.1. The molecular formula is C20H16ClN5O. The fraction of sp³-hybridized carbons (Fsp3) is 0.0500. The van der Waals surface area contributed by atoms with Gasteiger partial charge in [-0.1, -0.05) is 59.2 Å². The van der Waals surface area contributed by atoms with E-state index in [0.717, 1.165) is 16.9 Å². The number of hydrogen-bond acceptors (Lipinski definition) is 6. The van der Waals surface area contributed by atoms with Gasteiger partial charge < -0.3 is 15.2 Å². The molecule has 0 aliphatic heterocycles. The maximum atomic E-state index is 6.25. The van der Waals surface area contributed by atoms with Crippen LogP contribution in [0.4, 0.5) is 23.3 Å². The smallest absolute Gasteiger partial charge is 0.229 e. The van der Waals surface area contributed by atoms with Crippen molar-refractivity contribution >= 4 is 34.9 Å². The van der Waals surface area contributed by atoms with Gasteiger partial charge in [0.2, 0.25) is 5.95 Å². The van der Waals surface area contributed by atoms with Crippen LogP contribution in [0.15, 0.2) is 71.3 Å². The van der Waals surface area contributed by atoms with Crippen molar-refractivity contribution < 1.29 is 4.52 Å². The van der Waals surface area contributed by atoms with E-state index < -0.39 is 0 Å². The number of benzene rings is 2. The second kappa shape index (κ2) is 7.47. The van der Waals surface area contributed by atoms with Gasteiger partial charge in [0.25, 0.3) is 0 Å². The summed E-state index contributed by atoms with van der Waals surface area (Å²) in [5.74, 6) is 2.30. The molecule has 0 spiro atoms. The molecule has 0 saturated carbocycles. The van der Waals surface area contributed by atoms with Gasteiger partial charge in [0.15, 0.2) is 5.82 Å². The molecule has 0 bridgehead atoms. The van der Waals surface area contributed by atoms with Crippen LogP contribution in [0.25, 0.3) is 11.3 Å². The molecule has 0 atom stereocenters. The van der Waals surface area contributed by atoms with E-state index in [0.29, 0.717) is 28.4 Å². The predicted molar refractivity (Wildman–Crippen MR) is 107 cm³/mol. The Morgan fingerprint density at radius 3 is 2.37 bits per heavy atom. The summed E-state index contributed by atoms with van der Waals surface area (Å²) in [6.07, 6.45) is 0. The molecule has 7 heteroatoms. The molecule has 0 unspecified atom stereocenters. The maximum Gasteiger partial charge on any atom is 0.229 e. The van der Waals surface area contributed by atoms with Crippen molar-refractivity contribution in [1.29, 1.82) is 0 Å². The molecule has 0 aliphatic carbocycles. The van der Waals surface area contributed by atoms with Crippen LogP contribution < -0.4 is 10.6 Å². The van der Waals surface area contributed by atoms with Crippen LogP contribution in [0.3, 0.4) is 0 Å². The largest absolute Gasteiger partial charge is 0.360 e. The Morgan fingerprint density at radius 1 is 0.852 bits per heavy atom. The van der Waals surface area contributed by atoms with Crippen molar-refractivity contribution in [3.05, 3.63) is 77.5 Å². The molecule has 2 aromatic heterocycles. The molecule has 0 fully saturated rings. The Kier molecular flexibility index (Phi) is 4.72. The molecule has 134 valence electrons. The lowest BCUT2D eigenvalue weighted by Crippen LogP contribution is -2.03. The molecule has 0 radical (unpaired) electrons. The molecular weight excluding hydrogens is 362 g/mol. The van der Waals surface area contributed by atoms with E-state index in [-0.39, 0.29) is 0 Å². The van der Waals surface area contributed by atoms with Crippen LogP contribution in [0.2, 0.25) is 5.02 Å². The number of nitrogens with zero attached hydrogens (tertiary/aromatic N) is 3. The van der Waals surface area contributed by atoms with Crippen molar-refractivity contribution in [3.8, 4) is 11.3 Å². The first-order chi connectivity index (χ1) is 13.2. The molecule has 2 heterocycles. The Hall–Kier alpha value is -3.38. The van der Waals surface area contributed by atoms with Gasteiger partial charge in [-0.3, -0.25) is 0 Å². The summed E-state index contributed by atoms with van der Waals surface area (Å²) < 4.78 is 5.10. The third-order valence-corrected chi connectivity index (χ3v) is 4.13. The number of nitrogens with one attached hydrogen (secondary N) is 2. The highest BCUT2D eigenvalue weighted by Crippen LogP contribution is 2.27. The maximum absolute atomic E-state index is 6.25. The highest BCUT2D eigenvalue weighted by Gasteiger charge is 2.10. The molecule has 4 aromatic rings. The first-order valence-corrected chi connectivity index (χ1v) is 8.71. The van der Waals surface area contributed by atoms with E-state index in [9.17, 15) is 0 Å². The number of aryl methyl sites for hydroxylation is 1. The average Bonchev–Trinajstić information content (AvgIpc) is 3.09. The Labute approximate surface area is 161 Å². The molecule has 2 N–H and O–H groups in total. The fourth-order valence-electron chi connectivity index (χ4n) is 2.56. The van der Waals surface area contributed by atoms with E-state index in [2.05, 4.69) is 25.8 Å². The molecule has 2 aromatic carbocycles. The van der Waals surface area contributed by atoms with E-state index in [4.69, 9.17) is 16.1 Å². The fourth-order valence-corrected chi connectivity index (χ4v) is 2.75. The molecule has 0 amide bonds. The van der Waals surface area contributed by atoms with Crippen molar-refractivity contribution in [2.24, 2.45) is 0 Å². The van der Waals surface area contributed by atoms with Crippen molar-refractivity contribution in [2.75, 3.05) is 10.6 Å². The second-order valence-corrected chi connectivity index (χ2v) is 6.29. The van der Waals surface area contributed by atoms with E-state index >= 15 is 0 Å². The van der Waals surface area contributed by atoms with Gasteiger partial charge in [0, 0.05) is 17.7 Å². The normalized spacial score (nSPS) is 10.6. The summed E-state index contributed by atoms with van der Waals surface area (Å²) in [5, 5.41) is 10.9. The SMILES string of the molecule is Cc1cc(Nc2cc(-c3ccccc3)nc(Nc3ccccc3Cl)n2)no1. The summed E-state index contributed by atoms with van der Waals surface area (Å²) in [7, 11) is 0. The van der Waals surface area contributed by atoms with Crippen LogP contribution in [0.1, 0.15) is 5.76 Å². The number of hydrogen-bond donors (Lipinski definition) is 2. The monoisotopic (exact) mass is 377 g/mol. The predicted octanol–water partition coefficient (Wildman–Crippen LogP) is 5.58. The lowest BCUT2D eigenvalue weighted by atomic mass is 10.1. The summed E-state index contributed by atoms with van der Waals surface area (Å²) >= 11 is 6.25. The Bertz CT molecular complexity index is 1060. The quantitative estimate of drug-likeness (QED) is 0.472.